The van der Waals surface area contributed by atoms with Gasteiger partial charge in [-0.25, -0.2) is 8.42 Å². The zero-order valence-electron chi connectivity index (χ0n) is 14.8. The number of carbonyl (C=O) groups is 1. The number of hydrogen-bond acceptors (Lipinski definition) is 4. The molecule has 0 atom stereocenters. The Labute approximate surface area is 149 Å². The molecule has 0 radical (unpaired) electrons. The van der Waals surface area contributed by atoms with Crippen molar-refractivity contribution in [2.45, 2.75) is 37.7 Å². The second kappa shape index (κ2) is 8.49. The van der Waals surface area contributed by atoms with Gasteiger partial charge in [-0.05, 0) is 51.0 Å². The zero-order valence-corrected chi connectivity index (χ0v) is 15.6. The number of nitrogens with one attached hydrogen (secondary N) is 1. The quantitative estimate of drug-likeness (QED) is 0.751. The maximum atomic E-state index is 12.7. The van der Waals surface area contributed by atoms with E-state index in [2.05, 4.69) is 11.9 Å². The first-order chi connectivity index (χ1) is 11.8. The van der Waals surface area contributed by atoms with E-state index >= 15 is 0 Å². The van der Waals surface area contributed by atoms with Gasteiger partial charge >= 0.3 is 0 Å². The second-order valence-corrected chi connectivity index (χ2v) is 8.29. The smallest absolute Gasteiger partial charge is 0.243 e. The van der Waals surface area contributed by atoms with Crippen LogP contribution in [0, 0.1) is 5.92 Å². The normalized spacial score (nSPS) is 16.6. The number of hydrogen-bond donors (Lipinski definition) is 1. The van der Waals surface area contributed by atoms with Gasteiger partial charge in [-0.3, -0.25) is 4.79 Å². The standard InChI is InChI=1S/C18H26N2O4S/c1-4-11-19-18(21)15-9-12-20(13-10-15)25(22,23)17-7-5-16(6-8-17)24-14(2)3/h4-8,14-15H,1,9-13H2,2-3H3,(H,19,21). The number of benzene rings is 1. The largest absolute Gasteiger partial charge is 0.491 e. The summed E-state index contributed by atoms with van der Waals surface area (Å²) in [6.07, 6.45) is 2.71. The van der Waals surface area contributed by atoms with E-state index in [4.69, 9.17) is 4.74 Å². The molecule has 138 valence electrons. The van der Waals surface area contributed by atoms with Crippen LogP contribution in [0.2, 0.25) is 0 Å². The van der Waals surface area contributed by atoms with Crippen molar-refractivity contribution in [1.29, 1.82) is 0 Å². The fraction of sp³-hybridized carbons (Fsp3) is 0.500. The highest BCUT2D eigenvalue weighted by atomic mass is 32.2. The summed E-state index contributed by atoms with van der Waals surface area (Å²) in [7, 11) is -3.54. The third-order valence-electron chi connectivity index (χ3n) is 4.08. The van der Waals surface area contributed by atoms with Crippen molar-refractivity contribution in [2.24, 2.45) is 5.92 Å². The van der Waals surface area contributed by atoms with Gasteiger partial charge in [0.15, 0.2) is 0 Å². The molecule has 2 rings (SSSR count). The predicted octanol–water partition coefficient (Wildman–Crippen LogP) is 2.18. The van der Waals surface area contributed by atoms with Gasteiger partial charge in [0.05, 0.1) is 11.0 Å². The minimum atomic E-state index is -3.54. The molecule has 0 unspecified atom stereocenters. The van der Waals surface area contributed by atoms with E-state index in [1.165, 1.54) is 4.31 Å². The zero-order chi connectivity index (χ0) is 18.4. The minimum absolute atomic E-state index is 0.0351. The van der Waals surface area contributed by atoms with Crippen molar-refractivity contribution in [3.05, 3.63) is 36.9 Å². The number of ether oxygens (including phenoxy) is 1. The van der Waals surface area contributed by atoms with Gasteiger partial charge < -0.3 is 10.1 Å². The van der Waals surface area contributed by atoms with Crippen molar-refractivity contribution < 1.29 is 17.9 Å². The molecule has 7 heteroatoms. The first kappa shape index (κ1) is 19.5. The van der Waals surface area contributed by atoms with E-state index in [-0.39, 0.29) is 22.8 Å². The molecule has 1 fully saturated rings. The van der Waals surface area contributed by atoms with Crippen LogP contribution in [0.15, 0.2) is 41.8 Å². The van der Waals surface area contributed by atoms with Crippen LogP contribution in [0.5, 0.6) is 5.75 Å². The van der Waals surface area contributed by atoms with Crippen LogP contribution in [-0.4, -0.2) is 44.4 Å². The van der Waals surface area contributed by atoms with Gasteiger partial charge in [-0.2, -0.15) is 4.31 Å². The average molecular weight is 366 g/mol. The molecular formula is C18H26N2O4S. The Kier molecular flexibility index (Phi) is 6.61. The van der Waals surface area contributed by atoms with Crippen molar-refractivity contribution in [1.82, 2.24) is 9.62 Å². The Morgan fingerprint density at radius 1 is 1.32 bits per heavy atom. The fourth-order valence-corrected chi connectivity index (χ4v) is 4.26. The average Bonchev–Trinajstić information content (AvgIpc) is 2.59. The predicted molar refractivity (Wildman–Crippen MR) is 96.9 cm³/mol. The molecular weight excluding hydrogens is 340 g/mol. The van der Waals surface area contributed by atoms with Crippen LogP contribution in [0.3, 0.4) is 0 Å². The van der Waals surface area contributed by atoms with E-state index in [0.29, 0.717) is 38.2 Å². The molecule has 0 aromatic heterocycles. The van der Waals surface area contributed by atoms with Gasteiger partial charge in [-0.15, -0.1) is 6.58 Å². The van der Waals surface area contributed by atoms with Crippen molar-refractivity contribution in [3.63, 3.8) is 0 Å². The lowest BCUT2D eigenvalue weighted by Gasteiger charge is -2.30. The summed E-state index contributed by atoms with van der Waals surface area (Å²) >= 11 is 0. The minimum Gasteiger partial charge on any atom is -0.491 e. The molecule has 0 bridgehead atoms. The molecule has 25 heavy (non-hydrogen) atoms. The molecule has 1 saturated heterocycles. The molecule has 0 saturated carbocycles. The molecule has 1 aliphatic heterocycles. The van der Waals surface area contributed by atoms with Crippen LogP contribution >= 0.6 is 0 Å². The van der Waals surface area contributed by atoms with Crippen LogP contribution in [-0.2, 0) is 14.8 Å². The highest BCUT2D eigenvalue weighted by Gasteiger charge is 2.31. The van der Waals surface area contributed by atoms with Crippen LogP contribution in [0.4, 0.5) is 0 Å². The van der Waals surface area contributed by atoms with Gasteiger partial charge in [0.2, 0.25) is 15.9 Å². The van der Waals surface area contributed by atoms with Crippen LogP contribution in [0.25, 0.3) is 0 Å². The number of nitrogens with zero attached hydrogens (tertiary/aromatic N) is 1. The molecule has 0 spiro atoms. The summed E-state index contributed by atoms with van der Waals surface area (Å²) in [6.45, 7) is 8.52. The third kappa shape index (κ3) is 5.06. The third-order valence-corrected chi connectivity index (χ3v) is 5.99. The molecule has 1 aromatic carbocycles. The maximum absolute atomic E-state index is 12.7. The number of piperidine rings is 1. The first-order valence-electron chi connectivity index (χ1n) is 8.50. The Morgan fingerprint density at radius 2 is 1.92 bits per heavy atom. The maximum Gasteiger partial charge on any atom is 0.243 e. The highest BCUT2D eigenvalue weighted by molar-refractivity contribution is 7.89. The Balaban J connectivity index is 1.99. The summed E-state index contributed by atoms with van der Waals surface area (Å²) in [4.78, 5) is 12.2. The molecule has 6 nitrogen and oxygen atoms in total. The first-order valence-corrected chi connectivity index (χ1v) is 9.94. The van der Waals surface area contributed by atoms with E-state index in [1.54, 1.807) is 30.3 Å². The Hall–Kier alpha value is -1.86. The highest BCUT2D eigenvalue weighted by Crippen LogP contribution is 2.25. The van der Waals surface area contributed by atoms with Crippen molar-refractivity contribution in [2.75, 3.05) is 19.6 Å². The van der Waals surface area contributed by atoms with Gasteiger partial charge in [0, 0.05) is 25.6 Å². The molecule has 1 heterocycles. The van der Waals surface area contributed by atoms with Crippen molar-refractivity contribution in [3.8, 4) is 5.75 Å². The monoisotopic (exact) mass is 366 g/mol. The molecule has 1 amide bonds. The molecule has 1 aromatic rings. The van der Waals surface area contributed by atoms with Crippen molar-refractivity contribution >= 4 is 15.9 Å². The van der Waals surface area contributed by atoms with Gasteiger partial charge in [-0.1, -0.05) is 6.08 Å². The van der Waals surface area contributed by atoms with E-state index in [9.17, 15) is 13.2 Å². The topological polar surface area (TPSA) is 75.7 Å². The summed E-state index contributed by atoms with van der Waals surface area (Å²) in [6, 6.07) is 6.47. The Bertz CT molecular complexity index is 690. The number of amides is 1. The molecule has 0 aliphatic carbocycles. The second-order valence-electron chi connectivity index (χ2n) is 6.35. The lowest BCUT2D eigenvalue weighted by Crippen LogP contribution is -2.43. The summed E-state index contributed by atoms with van der Waals surface area (Å²) in [5, 5.41) is 2.77. The SMILES string of the molecule is C=CCNC(=O)C1CCN(S(=O)(=O)c2ccc(OC(C)C)cc2)CC1. The summed E-state index contributed by atoms with van der Waals surface area (Å²) in [5.74, 6) is 0.465. The van der Waals surface area contributed by atoms with E-state index in [1.807, 2.05) is 13.8 Å². The summed E-state index contributed by atoms with van der Waals surface area (Å²) in [5.41, 5.74) is 0. The van der Waals surface area contributed by atoms with E-state index < -0.39 is 10.0 Å². The number of rotatable bonds is 7. The lowest BCUT2D eigenvalue weighted by molar-refractivity contribution is -0.125. The van der Waals surface area contributed by atoms with Gasteiger partial charge in [0.25, 0.3) is 0 Å². The van der Waals surface area contributed by atoms with E-state index in [0.717, 1.165) is 0 Å². The van der Waals surface area contributed by atoms with Crippen LogP contribution in [0.1, 0.15) is 26.7 Å². The van der Waals surface area contributed by atoms with Crippen LogP contribution < -0.4 is 10.1 Å². The fourth-order valence-electron chi connectivity index (χ4n) is 2.79. The summed E-state index contributed by atoms with van der Waals surface area (Å²) < 4.78 is 32.5. The Morgan fingerprint density at radius 3 is 2.44 bits per heavy atom. The number of sulfonamides is 1. The number of carbonyl (C=O) groups excluding carboxylic acids is 1. The van der Waals surface area contributed by atoms with Gasteiger partial charge in [0.1, 0.15) is 5.75 Å². The molecule has 1 aliphatic rings. The molecule has 1 N–H and O–H groups in total. The lowest BCUT2D eigenvalue weighted by atomic mass is 9.97.